The first-order valence-electron chi connectivity index (χ1n) is 12.4. The highest BCUT2D eigenvalue weighted by Gasteiger charge is 2.32. The molecule has 0 atom stereocenters. The number of carbonyl (C=O) groups is 2. The van der Waals surface area contributed by atoms with E-state index in [2.05, 4.69) is 43.8 Å². The van der Waals surface area contributed by atoms with Crippen LogP contribution < -0.4 is 37.6 Å². The van der Waals surface area contributed by atoms with Crippen molar-refractivity contribution < 1.29 is 14.7 Å². The molecule has 11 nitrogen and oxygen atoms in total. The maximum absolute atomic E-state index is 12.7. The first-order chi connectivity index (χ1) is 15.9. The zero-order valence-electron chi connectivity index (χ0n) is 20.3. The minimum atomic E-state index is -0.873. The molecule has 0 saturated carbocycles. The van der Waals surface area contributed by atoms with Crippen molar-refractivity contribution in [3.63, 3.8) is 0 Å². The molecule has 2 rings (SSSR count). The molecule has 0 aromatic rings. The molecule has 33 heavy (non-hydrogen) atoms. The molecule has 192 valence electrons. The number of carboxylic acid groups (broad SMARTS) is 1. The van der Waals surface area contributed by atoms with Crippen LogP contribution in [0.3, 0.4) is 0 Å². The molecular weight excluding hydrogens is 424 g/mol. The van der Waals surface area contributed by atoms with Crippen LogP contribution in [0, 0.1) is 0 Å². The Labute approximate surface area is 198 Å². The fourth-order valence-electron chi connectivity index (χ4n) is 4.34. The van der Waals surface area contributed by atoms with Gasteiger partial charge >= 0.3 is 5.97 Å². The SMILES string of the molecule is CN1CCCNC[C@]2(NC(=O)CCCC(=O)O)CNCCCNC[C@@]1(N)CNCCCNC2. The molecule has 0 aromatic carbocycles. The van der Waals surface area contributed by atoms with Gasteiger partial charge in [-0.25, -0.2) is 0 Å². The van der Waals surface area contributed by atoms with E-state index in [-0.39, 0.29) is 18.7 Å². The summed E-state index contributed by atoms with van der Waals surface area (Å²) in [6.45, 7) is 8.42. The number of amides is 1. The number of nitrogens with two attached hydrogens (primary N) is 1. The van der Waals surface area contributed by atoms with Gasteiger partial charge in [0.1, 0.15) is 0 Å². The molecule has 9 N–H and O–H groups in total. The smallest absolute Gasteiger partial charge is 0.303 e. The van der Waals surface area contributed by atoms with Crippen molar-refractivity contribution in [3.05, 3.63) is 0 Å². The molecule has 0 aromatic heterocycles. The zero-order valence-corrected chi connectivity index (χ0v) is 20.3. The summed E-state index contributed by atoms with van der Waals surface area (Å²) < 4.78 is 0. The third-order valence-electron chi connectivity index (χ3n) is 6.47. The second-order valence-corrected chi connectivity index (χ2v) is 9.55. The number of aliphatic carboxylic acids is 1. The summed E-state index contributed by atoms with van der Waals surface area (Å²) in [6.07, 6.45) is 3.42. The number of fused-ring (bicyclic) bond motifs is 7. The van der Waals surface area contributed by atoms with Gasteiger partial charge in [0.15, 0.2) is 0 Å². The Hall–Kier alpha value is -1.34. The van der Waals surface area contributed by atoms with Gasteiger partial charge < -0.3 is 42.7 Å². The normalized spacial score (nSPS) is 29.9. The summed E-state index contributed by atoms with van der Waals surface area (Å²) in [5.74, 6) is -0.976. The summed E-state index contributed by atoms with van der Waals surface area (Å²) in [5, 5.41) is 29.8. The van der Waals surface area contributed by atoms with Crippen LogP contribution in [0.1, 0.15) is 38.5 Å². The van der Waals surface area contributed by atoms with Gasteiger partial charge in [-0.2, -0.15) is 0 Å². The number of hydrogen-bond acceptors (Lipinski definition) is 9. The lowest BCUT2D eigenvalue weighted by Crippen LogP contribution is -2.65. The predicted octanol–water partition coefficient (Wildman–Crippen LogP) is -2.17. The van der Waals surface area contributed by atoms with Crippen molar-refractivity contribution in [3.8, 4) is 0 Å². The van der Waals surface area contributed by atoms with Crippen LogP contribution in [-0.4, -0.2) is 112 Å². The molecule has 0 radical (unpaired) electrons. The first kappa shape index (κ1) is 27.9. The van der Waals surface area contributed by atoms with Crippen molar-refractivity contribution in [2.45, 2.75) is 49.7 Å². The van der Waals surface area contributed by atoms with E-state index >= 15 is 0 Å². The highest BCUT2D eigenvalue weighted by Crippen LogP contribution is 2.08. The third-order valence-corrected chi connectivity index (χ3v) is 6.47. The van der Waals surface area contributed by atoms with E-state index < -0.39 is 17.2 Å². The summed E-state index contributed by atoms with van der Waals surface area (Å²) >= 11 is 0. The van der Waals surface area contributed by atoms with Crippen LogP contribution in [0.4, 0.5) is 0 Å². The zero-order chi connectivity index (χ0) is 24.0. The summed E-state index contributed by atoms with van der Waals surface area (Å²) in [4.78, 5) is 25.8. The highest BCUT2D eigenvalue weighted by atomic mass is 16.4. The molecule has 2 saturated heterocycles. The van der Waals surface area contributed by atoms with Crippen molar-refractivity contribution in [2.75, 3.05) is 79.0 Å². The van der Waals surface area contributed by atoms with E-state index in [4.69, 9.17) is 10.8 Å². The number of carbonyl (C=O) groups excluding carboxylic acids is 1. The highest BCUT2D eigenvalue weighted by molar-refractivity contribution is 5.77. The van der Waals surface area contributed by atoms with E-state index in [1.54, 1.807) is 0 Å². The van der Waals surface area contributed by atoms with Gasteiger partial charge in [-0.1, -0.05) is 0 Å². The van der Waals surface area contributed by atoms with Crippen LogP contribution in [-0.2, 0) is 9.59 Å². The molecular formula is C22H46N8O3. The van der Waals surface area contributed by atoms with E-state index in [1.165, 1.54) is 0 Å². The Morgan fingerprint density at radius 1 is 0.848 bits per heavy atom. The Kier molecular flexibility index (Phi) is 12.5. The molecule has 0 aliphatic carbocycles. The quantitative estimate of drug-likeness (QED) is 0.222. The van der Waals surface area contributed by atoms with Crippen LogP contribution in [0.5, 0.6) is 0 Å². The molecule has 2 aliphatic heterocycles. The monoisotopic (exact) mass is 470 g/mol. The van der Waals surface area contributed by atoms with Crippen LogP contribution in [0.2, 0.25) is 0 Å². The van der Waals surface area contributed by atoms with Gasteiger partial charge in [0.05, 0.1) is 11.2 Å². The van der Waals surface area contributed by atoms with E-state index in [0.29, 0.717) is 26.1 Å². The number of carboxylic acids is 1. The van der Waals surface area contributed by atoms with Crippen LogP contribution >= 0.6 is 0 Å². The van der Waals surface area contributed by atoms with Crippen molar-refractivity contribution in [1.82, 2.24) is 36.8 Å². The van der Waals surface area contributed by atoms with Gasteiger partial charge in [-0.05, 0) is 65.5 Å². The maximum Gasteiger partial charge on any atom is 0.303 e. The number of nitrogens with one attached hydrogen (secondary N) is 6. The first-order valence-corrected chi connectivity index (χ1v) is 12.4. The minimum absolute atomic E-state index is 0.00528. The number of rotatable bonds is 5. The van der Waals surface area contributed by atoms with Gasteiger partial charge in [-0.3, -0.25) is 14.5 Å². The Morgan fingerprint density at radius 2 is 1.33 bits per heavy atom. The van der Waals surface area contributed by atoms with Crippen molar-refractivity contribution in [1.29, 1.82) is 0 Å². The molecule has 0 spiro atoms. The Bertz CT molecular complexity index is 574. The average Bonchev–Trinajstić information content (AvgIpc) is 2.76. The Balaban J connectivity index is 2.13. The molecule has 1 amide bonds. The summed E-state index contributed by atoms with van der Waals surface area (Å²) in [6, 6.07) is 0. The van der Waals surface area contributed by atoms with Gasteiger partial charge in [0.25, 0.3) is 0 Å². The fourth-order valence-corrected chi connectivity index (χ4v) is 4.34. The minimum Gasteiger partial charge on any atom is -0.481 e. The molecule has 11 heteroatoms. The third kappa shape index (κ3) is 10.6. The van der Waals surface area contributed by atoms with E-state index in [9.17, 15) is 9.59 Å². The van der Waals surface area contributed by atoms with Gasteiger partial charge in [0.2, 0.25) is 5.91 Å². The van der Waals surface area contributed by atoms with Crippen LogP contribution in [0.25, 0.3) is 0 Å². The molecule has 2 fully saturated rings. The van der Waals surface area contributed by atoms with E-state index in [0.717, 1.165) is 71.6 Å². The Morgan fingerprint density at radius 3 is 1.85 bits per heavy atom. The fraction of sp³-hybridized carbons (Fsp3) is 0.909. The van der Waals surface area contributed by atoms with Crippen molar-refractivity contribution in [2.24, 2.45) is 5.73 Å². The molecule has 2 aliphatic rings. The maximum atomic E-state index is 12.7. The molecule has 2 bridgehead atoms. The second-order valence-electron chi connectivity index (χ2n) is 9.55. The predicted molar refractivity (Wildman–Crippen MR) is 130 cm³/mol. The summed E-state index contributed by atoms with van der Waals surface area (Å²) in [7, 11) is 2.09. The van der Waals surface area contributed by atoms with Gasteiger partial charge in [0, 0.05) is 52.1 Å². The lowest BCUT2D eigenvalue weighted by atomic mass is 9.97. The van der Waals surface area contributed by atoms with Crippen molar-refractivity contribution >= 4 is 11.9 Å². The topological polar surface area (TPSA) is 156 Å². The van der Waals surface area contributed by atoms with Gasteiger partial charge in [-0.15, -0.1) is 0 Å². The standard InChI is InChI=1S/C22H46N8O3/c1-30-13-5-12-26-16-21(29-19(31)6-2-7-20(32)33)14-24-8-3-10-27-17-22(30,23)18-28-11-4-9-25-15-21/h24-28H,2-18,23H2,1H3,(H,29,31)(H,32,33)/t21-,22-. The molecule has 2 heterocycles. The lowest BCUT2D eigenvalue weighted by molar-refractivity contribution is -0.137. The largest absolute Gasteiger partial charge is 0.481 e. The van der Waals surface area contributed by atoms with Crippen LogP contribution in [0.15, 0.2) is 0 Å². The number of likely N-dealkylation sites (N-methyl/N-ethyl adjacent to an activating group) is 1. The number of nitrogens with zero attached hydrogens (tertiary/aromatic N) is 1. The number of hydrogen-bond donors (Lipinski definition) is 8. The lowest BCUT2D eigenvalue weighted by Gasteiger charge is -2.39. The summed E-state index contributed by atoms with van der Waals surface area (Å²) in [5.41, 5.74) is 5.86. The second kappa shape index (κ2) is 14.8. The molecule has 0 unspecified atom stereocenters. The van der Waals surface area contributed by atoms with E-state index in [1.807, 2.05) is 0 Å². The average molecular weight is 471 g/mol.